The van der Waals surface area contributed by atoms with Gasteiger partial charge in [-0.15, -0.1) is 0 Å². The van der Waals surface area contributed by atoms with Crippen molar-refractivity contribution < 1.29 is 13.2 Å². The van der Waals surface area contributed by atoms with Crippen molar-refractivity contribution in [2.24, 2.45) is 0 Å². The third-order valence-corrected chi connectivity index (χ3v) is 3.10. The zero-order valence-corrected chi connectivity index (χ0v) is 11.9. The number of benzene rings is 1. The van der Waals surface area contributed by atoms with E-state index in [1.165, 1.54) is 12.1 Å². The molecule has 0 aliphatic carbocycles. The molecule has 1 aromatic rings. The van der Waals surface area contributed by atoms with Crippen molar-refractivity contribution in [3.8, 4) is 0 Å². The summed E-state index contributed by atoms with van der Waals surface area (Å²) in [5.41, 5.74) is -2.15. The summed E-state index contributed by atoms with van der Waals surface area (Å²) in [7, 11) is 0. The molecule has 106 valence electrons. The summed E-state index contributed by atoms with van der Waals surface area (Å²) in [5, 5.41) is 3.28. The monoisotopic (exact) mass is 289 g/mol. The molecule has 1 aromatic carbocycles. The van der Waals surface area contributed by atoms with Crippen molar-refractivity contribution in [1.82, 2.24) is 5.32 Å². The Balaban J connectivity index is 2.58. The van der Waals surface area contributed by atoms with Gasteiger partial charge < -0.3 is 5.32 Å². The standard InChI is InChI=1S/C14H18F3NS/c1-3-8-18-10-11(2)9-12-4-6-13(7-5-12)19-14(15,16)17/h4-7,9,18H,3,8,10H2,1-2H3. The molecule has 0 bridgehead atoms. The van der Waals surface area contributed by atoms with Crippen LogP contribution < -0.4 is 5.32 Å². The van der Waals surface area contributed by atoms with Gasteiger partial charge in [0.05, 0.1) is 0 Å². The van der Waals surface area contributed by atoms with Gasteiger partial charge in [0.25, 0.3) is 0 Å². The molecule has 1 nitrogen and oxygen atoms in total. The van der Waals surface area contributed by atoms with Crippen LogP contribution in [-0.4, -0.2) is 18.6 Å². The lowest BCUT2D eigenvalue weighted by Crippen LogP contribution is -2.16. The molecule has 0 heterocycles. The first-order valence-electron chi connectivity index (χ1n) is 6.14. The molecule has 0 unspecified atom stereocenters. The Morgan fingerprint density at radius 2 is 1.89 bits per heavy atom. The van der Waals surface area contributed by atoms with Crippen LogP contribution in [0.4, 0.5) is 13.2 Å². The lowest BCUT2D eigenvalue weighted by atomic mass is 10.1. The van der Waals surface area contributed by atoms with Crippen molar-refractivity contribution in [3.63, 3.8) is 0 Å². The first-order valence-corrected chi connectivity index (χ1v) is 6.96. The molecule has 0 amide bonds. The van der Waals surface area contributed by atoms with Gasteiger partial charge in [0.15, 0.2) is 0 Å². The highest BCUT2D eigenvalue weighted by atomic mass is 32.2. The zero-order valence-electron chi connectivity index (χ0n) is 11.1. The quantitative estimate of drug-likeness (QED) is 0.601. The Morgan fingerprint density at radius 1 is 1.26 bits per heavy atom. The second-order valence-electron chi connectivity index (χ2n) is 4.28. The molecular formula is C14H18F3NS. The van der Waals surface area contributed by atoms with E-state index in [1.54, 1.807) is 12.1 Å². The summed E-state index contributed by atoms with van der Waals surface area (Å²) in [6.45, 7) is 5.86. The van der Waals surface area contributed by atoms with Gasteiger partial charge in [0, 0.05) is 11.4 Å². The van der Waals surface area contributed by atoms with Crippen LogP contribution in [0.15, 0.2) is 34.7 Å². The number of hydrogen-bond acceptors (Lipinski definition) is 2. The smallest absolute Gasteiger partial charge is 0.313 e. The average molecular weight is 289 g/mol. The molecule has 19 heavy (non-hydrogen) atoms. The molecule has 0 aliphatic heterocycles. The average Bonchev–Trinajstić information content (AvgIpc) is 2.30. The summed E-state index contributed by atoms with van der Waals surface area (Å²) in [4.78, 5) is 0.214. The molecule has 5 heteroatoms. The van der Waals surface area contributed by atoms with Crippen molar-refractivity contribution >= 4 is 17.8 Å². The Kier molecular flexibility index (Phi) is 6.45. The van der Waals surface area contributed by atoms with E-state index in [2.05, 4.69) is 12.2 Å². The molecule has 1 N–H and O–H groups in total. The lowest BCUT2D eigenvalue weighted by Gasteiger charge is -2.06. The number of alkyl halides is 3. The number of thioether (sulfide) groups is 1. The molecule has 0 spiro atoms. The third kappa shape index (κ3) is 7.28. The molecule has 0 atom stereocenters. The molecule has 0 aliphatic rings. The van der Waals surface area contributed by atoms with Gasteiger partial charge in [0.2, 0.25) is 0 Å². The maximum absolute atomic E-state index is 12.2. The van der Waals surface area contributed by atoms with Crippen LogP contribution in [0.3, 0.4) is 0 Å². The van der Waals surface area contributed by atoms with E-state index in [9.17, 15) is 13.2 Å². The predicted molar refractivity (Wildman–Crippen MR) is 75.2 cm³/mol. The Labute approximate surface area is 116 Å². The van der Waals surface area contributed by atoms with E-state index >= 15 is 0 Å². The third-order valence-electron chi connectivity index (χ3n) is 2.36. The van der Waals surface area contributed by atoms with E-state index in [0.29, 0.717) is 0 Å². The van der Waals surface area contributed by atoms with E-state index in [0.717, 1.165) is 30.6 Å². The largest absolute Gasteiger partial charge is 0.446 e. The summed E-state index contributed by atoms with van der Waals surface area (Å²) in [5.74, 6) is 0. The van der Waals surface area contributed by atoms with Crippen LogP contribution in [0.2, 0.25) is 0 Å². The molecular weight excluding hydrogens is 271 g/mol. The molecule has 1 rings (SSSR count). The SMILES string of the molecule is CCCNCC(C)=Cc1ccc(SC(F)(F)F)cc1. The van der Waals surface area contributed by atoms with Gasteiger partial charge in [-0.3, -0.25) is 0 Å². The second-order valence-corrected chi connectivity index (χ2v) is 5.42. The van der Waals surface area contributed by atoms with E-state index in [1.807, 2.05) is 13.0 Å². The molecule has 0 saturated heterocycles. The van der Waals surface area contributed by atoms with Crippen LogP contribution >= 0.6 is 11.8 Å². The Bertz CT molecular complexity index is 410. The zero-order chi connectivity index (χ0) is 14.3. The van der Waals surface area contributed by atoms with Crippen LogP contribution in [0, 0.1) is 0 Å². The van der Waals surface area contributed by atoms with Crippen LogP contribution in [0.1, 0.15) is 25.8 Å². The van der Waals surface area contributed by atoms with Gasteiger partial charge in [-0.2, -0.15) is 13.2 Å². The molecule has 0 aromatic heterocycles. The number of halogens is 3. The van der Waals surface area contributed by atoms with Gasteiger partial charge in [-0.1, -0.05) is 30.7 Å². The highest BCUT2D eigenvalue weighted by Crippen LogP contribution is 2.36. The van der Waals surface area contributed by atoms with Gasteiger partial charge in [-0.25, -0.2) is 0 Å². The van der Waals surface area contributed by atoms with Crippen LogP contribution in [0.25, 0.3) is 6.08 Å². The topological polar surface area (TPSA) is 12.0 Å². The normalized spacial score (nSPS) is 12.8. The minimum Gasteiger partial charge on any atom is -0.313 e. The number of hydrogen-bond donors (Lipinski definition) is 1. The molecule has 0 saturated carbocycles. The van der Waals surface area contributed by atoms with Gasteiger partial charge >= 0.3 is 5.51 Å². The van der Waals surface area contributed by atoms with Crippen molar-refractivity contribution in [2.75, 3.05) is 13.1 Å². The second kappa shape index (κ2) is 7.60. The van der Waals surface area contributed by atoms with E-state index in [4.69, 9.17) is 0 Å². The maximum atomic E-state index is 12.2. The number of nitrogens with one attached hydrogen (secondary N) is 1. The van der Waals surface area contributed by atoms with Crippen molar-refractivity contribution in [2.45, 2.75) is 30.7 Å². The van der Waals surface area contributed by atoms with Crippen LogP contribution in [-0.2, 0) is 0 Å². The Hall–Kier alpha value is -0.940. The first-order chi connectivity index (χ1) is 8.90. The lowest BCUT2D eigenvalue weighted by molar-refractivity contribution is -0.0328. The molecule has 0 fully saturated rings. The van der Waals surface area contributed by atoms with Crippen molar-refractivity contribution in [3.05, 3.63) is 35.4 Å². The minimum atomic E-state index is -4.22. The fourth-order valence-corrected chi connectivity index (χ4v) is 2.10. The summed E-state index contributed by atoms with van der Waals surface area (Å²) >= 11 is -0.0878. The van der Waals surface area contributed by atoms with Crippen molar-refractivity contribution in [1.29, 1.82) is 0 Å². The fourth-order valence-electron chi connectivity index (χ4n) is 1.56. The Morgan fingerprint density at radius 3 is 2.42 bits per heavy atom. The predicted octanol–water partition coefficient (Wildman–Crippen LogP) is 4.70. The summed E-state index contributed by atoms with van der Waals surface area (Å²) < 4.78 is 36.5. The fraction of sp³-hybridized carbons (Fsp3) is 0.429. The number of rotatable bonds is 6. The minimum absolute atomic E-state index is 0.0878. The molecule has 0 radical (unpaired) electrons. The van der Waals surface area contributed by atoms with E-state index in [-0.39, 0.29) is 16.7 Å². The first kappa shape index (κ1) is 16.1. The summed E-state index contributed by atoms with van der Waals surface area (Å²) in [6.07, 6.45) is 3.06. The van der Waals surface area contributed by atoms with Crippen LogP contribution in [0.5, 0.6) is 0 Å². The summed E-state index contributed by atoms with van der Waals surface area (Å²) in [6, 6.07) is 6.41. The van der Waals surface area contributed by atoms with Gasteiger partial charge in [-0.05, 0) is 49.3 Å². The maximum Gasteiger partial charge on any atom is 0.446 e. The highest BCUT2D eigenvalue weighted by Gasteiger charge is 2.28. The highest BCUT2D eigenvalue weighted by molar-refractivity contribution is 8.00. The van der Waals surface area contributed by atoms with E-state index < -0.39 is 5.51 Å². The van der Waals surface area contributed by atoms with Gasteiger partial charge in [0.1, 0.15) is 0 Å².